The molecule has 0 heterocycles. The maximum absolute atomic E-state index is 11.4. The summed E-state index contributed by atoms with van der Waals surface area (Å²) < 4.78 is 0. The Morgan fingerprint density at radius 1 is 1.15 bits per heavy atom. The molecule has 0 saturated carbocycles. The van der Waals surface area contributed by atoms with Crippen molar-refractivity contribution in [3.05, 3.63) is 53.6 Å². The summed E-state index contributed by atoms with van der Waals surface area (Å²) in [6.07, 6.45) is 2.63. The summed E-state index contributed by atoms with van der Waals surface area (Å²) in [6, 6.07) is 8.81. The van der Waals surface area contributed by atoms with Crippen LogP contribution in [-0.2, 0) is 14.4 Å². The topological polar surface area (TPSA) is 91.7 Å². The Morgan fingerprint density at radius 3 is 2.30 bits per heavy atom. The predicted octanol–water partition coefficient (Wildman–Crippen LogP) is 1.75. The Labute approximate surface area is 114 Å². The Balaban J connectivity index is 2.56. The number of allylic oxidation sites excluding steroid dienone is 1. The number of hydrogen-bond acceptors (Lipinski definition) is 3. The molecule has 0 saturated heterocycles. The first-order valence-electron chi connectivity index (χ1n) is 5.90. The SMILES string of the molecule is O=CC1(C(=O)O)C=C(C(=O)O)C=C(c2ccccc2)C1. The minimum absolute atomic E-state index is 0.0629. The van der Waals surface area contributed by atoms with Gasteiger partial charge in [0.25, 0.3) is 0 Å². The zero-order valence-corrected chi connectivity index (χ0v) is 10.4. The van der Waals surface area contributed by atoms with Gasteiger partial charge in [-0.2, -0.15) is 0 Å². The number of rotatable bonds is 4. The van der Waals surface area contributed by atoms with E-state index in [1.807, 2.05) is 0 Å². The number of carbonyl (C=O) groups excluding carboxylic acids is 1. The predicted molar refractivity (Wildman–Crippen MR) is 70.9 cm³/mol. The van der Waals surface area contributed by atoms with Crippen molar-refractivity contribution < 1.29 is 24.6 Å². The molecule has 2 N–H and O–H groups in total. The number of benzene rings is 1. The Bertz CT molecular complexity index is 627. The maximum atomic E-state index is 11.4. The third kappa shape index (κ3) is 2.38. The van der Waals surface area contributed by atoms with Crippen molar-refractivity contribution in [2.24, 2.45) is 5.41 Å². The van der Waals surface area contributed by atoms with Crippen molar-refractivity contribution in [3.63, 3.8) is 0 Å². The summed E-state index contributed by atoms with van der Waals surface area (Å²) in [6.45, 7) is 0. The minimum atomic E-state index is -1.83. The van der Waals surface area contributed by atoms with Crippen molar-refractivity contribution in [1.82, 2.24) is 0 Å². The molecule has 2 rings (SSSR count). The van der Waals surface area contributed by atoms with Crippen LogP contribution in [-0.4, -0.2) is 28.4 Å². The lowest BCUT2D eigenvalue weighted by molar-refractivity contribution is -0.147. The fourth-order valence-electron chi connectivity index (χ4n) is 2.15. The fraction of sp³-hybridized carbons (Fsp3) is 0.133. The first-order chi connectivity index (χ1) is 9.48. The van der Waals surface area contributed by atoms with Crippen molar-refractivity contribution in [2.45, 2.75) is 6.42 Å². The van der Waals surface area contributed by atoms with E-state index in [1.54, 1.807) is 30.3 Å². The molecule has 0 aliphatic heterocycles. The first kappa shape index (κ1) is 13.7. The standard InChI is InChI=1S/C15H12O5/c16-9-15(14(19)20)7-11(6-12(8-15)13(17)18)10-4-2-1-3-5-10/h1-6,8-9H,7H2,(H,17,18)(H,19,20). The molecule has 1 aliphatic carbocycles. The van der Waals surface area contributed by atoms with E-state index in [4.69, 9.17) is 5.11 Å². The zero-order valence-electron chi connectivity index (χ0n) is 10.4. The molecule has 0 spiro atoms. The highest BCUT2D eigenvalue weighted by atomic mass is 16.4. The highest BCUT2D eigenvalue weighted by Crippen LogP contribution is 2.37. The highest BCUT2D eigenvalue weighted by Gasteiger charge is 2.40. The second kappa shape index (κ2) is 5.13. The van der Waals surface area contributed by atoms with E-state index in [-0.39, 0.29) is 18.3 Å². The Kier molecular flexibility index (Phi) is 3.52. The van der Waals surface area contributed by atoms with Crippen molar-refractivity contribution in [3.8, 4) is 0 Å². The summed E-state index contributed by atoms with van der Waals surface area (Å²) in [5.74, 6) is -2.61. The Morgan fingerprint density at radius 2 is 1.80 bits per heavy atom. The first-order valence-corrected chi connectivity index (χ1v) is 5.90. The second-order valence-electron chi connectivity index (χ2n) is 4.58. The van der Waals surface area contributed by atoms with Gasteiger partial charge in [-0.25, -0.2) is 4.79 Å². The highest BCUT2D eigenvalue weighted by molar-refractivity contribution is 6.03. The van der Waals surface area contributed by atoms with Crippen LogP contribution in [0.15, 0.2) is 48.1 Å². The minimum Gasteiger partial charge on any atom is -0.480 e. The molecule has 0 fully saturated rings. The quantitative estimate of drug-likeness (QED) is 0.643. The van der Waals surface area contributed by atoms with Gasteiger partial charge in [-0.1, -0.05) is 30.3 Å². The number of carboxylic acids is 2. The van der Waals surface area contributed by atoms with Gasteiger partial charge >= 0.3 is 11.9 Å². The van der Waals surface area contributed by atoms with E-state index in [0.29, 0.717) is 11.1 Å². The molecule has 1 aliphatic rings. The van der Waals surface area contributed by atoms with E-state index in [9.17, 15) is 19.5 Å². The molecule has 5 nitrogen and oxygen atoms in total. The van der Waals surface area contributed by atoms with Gasteiger partial charge in [0.2, 0.25) is 0 Å². The molecule has 0 bridgehead atoms. The summed E-state index contributed by atoms with van der Waals surface area (Å²) in [7, 11) is 0. The number of aldehydes is 1. The van der Waals surface area contributed by atoms with Gasteiger partial charge in [-0.05, 0) is 29.7 Å². The van der Waals surface area contributed by atoms with Crippen LogP contribution >= 0.6 is 0 Å². The van der Waals surface area contributed by atoms with Gasteiger partial charge in [0.1, 0.15) is 11.7 Å². The lowest BCUT2D eigenvalue weighted by atomic mass is 9.75. The average molecular weight is 272 g/mol. The summed E-state index contributed by atoms with van der Waals surface area (Å²) in [4.78, 5) is 33.7. The molecule has 1 unspecified atom stereocenters. The molecule has 102 valence electrons. The monoisotopic (exact) mass is 272 g/mol. The molecule has 0 amide bonds. The maximum Gasteiger partial charge on any atom is 0.335 e. The largest absolute Gasteiger partial charge is 0.480 e. The van der Waals surface area contributed by atoms with Gasteiger partial charge in [-0.15, -0.1) is 0 Å². The smallest absolute Gasteiger partial charge is 0.335 e. The van der Waals surface area contributed by atoms with Gasteiger partial charge in [0.15, 0.2) is 0 Å². The van der Waals surface area contributed by atoms with Crippen LogP contribution in [0.4, 0.5) is 0 Å². The van der Waals surface area contributed by atoms with Gasteiger partial charge < -0.3 is 15.0 Å². The van der Waals surface area contributed by atoms with Crippen molar-refractivity contribution >= 4 is 23.8 Å². The molecule has 1 atom stereocenters. The second-order valence-corrected chi connectivity index (χ2v) is 4.58. The van der Waals surface area contributed by atoms with Crippen LogP contribution in [0, 0.1) is 5.41 Å². The van der Waals surface area contributed by atoms with Crippen LogP contribution in [0.2, 0.25) is 0 Å². The van der Waals surface area contributed by atoms with Gasteiger partial charge in [0.05, 0.1) is 5.57 Å². The number of carboxylic acid groups (broad SMARTS) is 2. The van der Waals surface area contributed by atoms with Crippen LogP contribution in [0.1, 0.15) is 12.0 Å². The molecule has 1 aromatic rings. The summed E-state index contributed by atoms with van der Waals surface area (Å²) in [5.41, 5.74) is -0.801. The molecule has 20 heavy (non-hydrogen) atoms. The number of aliphatic carboxylic acids is 2. The third-order valence-corrected chi connectivity index (χ3v) is 3.23. The molecular formula is C15H12O5. The number of hydrogen-bond donors (Lipinski definition) is 2. The van der Waals surface area contributed by atoms with Crippen LogP contribution in [0.25, 0.3) is 5.57 Å². The third-order valence-electron chi connectivity index (χ3n) is 3.23. The molecular weight excluding hydrogens is 260 g/mol. The van der Waals surface area contributed by atoms with Crippen molar-refractivity contribution in [1.29, 1.82) is 0 Å². The average Bonchev–Trinajstić information content (AvgIpc) is 2.47. The zero-order chi connectivity index (χ0) is 14.8. The van der Waals surface area contributed by atoms with E-state index >= 15 is 0 Å². The lowest BCUT2D eigenvalue weighted by Gasteiger charge is -2.25. The van der Waals surface area contributed by atoms with E-state index in [2.05, 4.69) is 0 Å². The van der Waals surface area contributed by atoms with Crippen LogP contribution < -0.4 is 0 Å². The number of carbonyl (C=O) groups is 3. The van der Waals surface area contributed by atoms with E-state index in [1.165, 1.54) is 6.08 Å². The van der Waals surface area contributed by atoms with E-state index < -0.39 is 17.4 Å². The molecule has 1 aromatic carbocycles. The van der Waals surface area contributed by atoms with E-state index in [0.717, 1.165) is 6.08 Å². The lowest BCUT2D eigenvalue weighted by Crippen LogP contribution is -2.33. The fourth-order valence-corrected chi connectivity index (χ4v) is 2.15. The van der Waals surface area contributed by atoms with Gasteiger partial charge in [0, 0.05) is 0 Å². The molecule has 5 heteroatoms. The van der Waals surface area contributed by atoms with Gasteiger partial charge in [-0.3, -0.25) is 4.79 Å². The van der Waals surface area contributed by atoms with Crippen LogP contribution in [0.5, 0.6) is 0 Å². The summed E-state index contributed by atoms with van der Waals surface area (Å²) in [5, 5.41) is 18.3. The Hall–Kier alpha value is -2.69. The normalized spacial score (nSPS) is 21.6. The summed E-state index contributed by atoms with van der Waals surface area (Å²) >= 11 is 0. The molecule has 0 radical (unpaired) electrons. The van der Waals surface area contributed by atoms with Crippen molar-refractivity contribution in [2.75, 3.05) is 0 Å². The van der Waals surface area contributed by atoms with Crippen LogP contribution in [0.3, 0.4) is 0 Å². The molecule has 0 aromatic heterocycles.